The first-order valence-corrected chi connectivity index (χ1v) is 7.96. The SMILES string of the molecule is Cn1ncc(C(=O)N2CCC2)c1C(=O)Nc1ccn(C(C)(C)C)n1. The van der Waals surface area contributed by atoms with Crippen LogP contribution in [0.2, 0.25) is 0 Å². The third-order valence-corrected chi connectivity index (χ3v) is 4.05. The lowest BCUT2D eigenvalue weighted by atomic mass is 10.1. The molecule has 128 valence electrons. The minimum absolute atomic E-state index is 0.153. The van der Waals surface area contributed by atoms with E-state index >= 15 is 0 Å². The second kappa shape index (κ2) is 5.77. The predicted molar refractivity (Wildman–Crippen MR) is 88.9 cm³/mol. The van der Waals surface area contributed by atoms with Gasteiger partial charge in [-0.1, -0.05) is 0 Å². The lowest BCUT2D eigenvalue weighted by molar-refractivity contribution is 0.0648. The Balaban J connectivity index is 1.81. The Hall–Kier alpha value is -2.64. The molecule has 1 aliphatic heterocycles. The molecule has 2 amide bonds. The van der Waals surface area contributed by atoms with Crippen LogP contribution in [0.5, 0.6) is 0 Å². The summed E-state index contributed by atoms with van der Waals surface area (Å²) in [6, 6.07) is 1.73. The van der Waals surface area contributed by atoms with Crippen LogP contribution in [0.1, 0.15) is 48.0 Å². The maximum atomic E-state index is 12.6. The van der Waals surface area contributed by atoms with Crippen molar-refractivity contribution in [3.63, 3.8) is 0 Å². The van der Waals surface area contributed by atoms with Crippen molar-refractivity contribution in [2.75, 3.05) is 18.4 Å². The van der Waals surface area contributed by atoms with Gasteiger partial charge in [0.1, 0.15) is 5.69 Å². The average Bonchev–Trinajstić information content (AvgIpc) is 3.02. The van der Waals surface area contributed by atoms with Gasteiger partial charge in [-0.3, -0.25) is 19.0 Å². The third kappa shape index (κ3) is 2.91. The van der Waals surface area contributed by atoms with Crippen molar-refractivity contribution < 1.29 is 9.59 Å². The highest BCUT2D eigenvalue weighted by Gasteiger charge is 2.29. The van der Waals surface area contributed by atoms with Crippen molar-refractivity contribution in [3.8, 4) is 0 Å². The summed E-state index contributed by atoms with van der Waals surface area (Å²) in [6.45, 7) is 7.53. The van der Waals surface area contributed by atoms with E-state index in [0.717, 1.165) is 19.5 Å². The molecule has 1 fully saturated rings. The summed E-state index contributed by atoms with van der Waals surface area (Å²) in [7, 11) is 1.65. The van der Waals surface area contributed by atoms with Crippen LogP contribution in [0.4, 0.5) is 5.82 Å². The van der Waals surface area contributed by atoms with Crippen molar-refractivity contribution in [1.82, 2.24) is 24.5 Å². The fourth-order valence-electron chi connectivity index (χ4n) is 2.49. The second-order valence-electron chi connectivity index (χ2n) is 6.95. The number of anilines is 1. The van der Waals surface area contributed by atoms with Gasteiger partial charge in [0.15, 0.2) is 5.82 Å². The van der Waals surface area contributed by atoms with Crippen molar-refractivity contribution >= 4 is 17.6 Å². The molecular formula is C16H22N6O2. The van der Waals surface area contributed by atoms with E-state index in [1.54, 1.807) is 22.7 Å². The van der Waals surface area contributed by atoms with Gasteiger partial charge in [0, 0.05) is 32.4 Å². The molecule has 2 aromatic rings. The molecule has 0 bridgehead atoms. The predicted octanol–water partition coefficient (Wildman–Crippen LogP) is 1.47. The monoisotopic (exact) mass is 330 g/mol. The fourth-order valence-corrected chi connectivity index (χ4v) is 2.49. The average molecular weight is 330 g/mol. The molecule has 24 heavy (non-hydrogen) atoms. The Labute approximate surface area is 140 Å². The molecular weight excluding hydrogens is 308 g/mol. The van der Waals surface area contributed by atoms with E-state index in [1.807, 2.05) is 27.0 Å². The van der Waals surface area contributed by atoms with Gasteiger partial charge in [-0.25, -0.2) is 0 Å². The van der Waals surface area contributed by atoms with Gasteiger partial charge in [-0.15, -0.1) is 0 Å². The van der Waals surface area contributed by atoms with E-state index in [9.17, 15) is 9.59 Å². The standard InChI is InChI=1S/C16H22N6O2/c1-16(2,3)22-9-6-12(19-22)18-14(23)13-11(10-17-20(13)4)15(24)21-7-5-8-21/h6,9-10H,5,7-8H2,1-4H3,(H,18,19,23). The Kier molecular flexibility index (Phi) is 3.90. The smallest absolute Gasteiger partial charge is 0.275 e. The highest BCUT2D eigenvalue weighted by Crippen LogP contribution is 2.18. The zero-order valence-corrected chi connectivity index (χ0v) is 14.4. The molecule has 8 nitrogen and oxygen atoms in total. The molecule has 3 heterocycles. The molecule has 0 spiro atoms. The van der Waals surface area contributed by atoms with Gasteiger partial charge in [-0.05, 0) is 27.2 Å². The van der Waals surface area contributed by atoms with Gasteiger partial charge in [0.05, 0.1) is 17.3 Å². The molecule has 8 heteroatoms. The zero-order valence-electron chi connectivity index (χ0n) is 14.4. The first-order chi connectivity index (χ1) is 11.3. The summed E-state index contributed by atoms with van der Waals surface area (Å²) in [5.74, 6) is -0.101. The molecule has 0 unspecified atom stereocenters. The number of hydrogen-bond acceptors (Lipinski definition) is 4. The van der Waals surface area contributed by atoms with Crippen molar-refractivity contribution in [3.05, 3.63) is 29.7 Å². The van der Waals surface area contributed by atoms with Gasteiger partial charge in [0.25, 0.3) is 11.8 Å². The van der Waals surface area contributed by atoms with E-state index in [-0.39, 0.29) is 17.1 Å². The zero-order chi connectivity index (χ0) is 17.5. The van der Waals surface area contributed by atoms with E-state index in [4.69, 9.17) is 0 Å². The molecule has 2 aromatic heterocycles. The first-order valence-electron chi connectivity index (χ1n) is 7.96. The maximum absolute atomic E-state index is 12.6. The van der Waals surface area contributed by atoms with Crippen LogP contribution < -0.4 is 5.32 Å². The molecule has 1 aliphatic rings. The van der Waals surface area contributed by atoms with Crippen molar-refractivity contribution in [2.24, 2.45) is 7.05 Å². The number of nitrogens with zero attached hydrogens (tertiary/aromatic N) is 5. The summed E-state index contributed by atoms with van der Waals surface area (Å²) in [5.41, 5.74) is 0.399. The summed E-state index contributed by atoms with van der Waals surface area (Å²) in [6.07, 6.45) is 4.26. The van der Waals surface area contributed by atoms with E-state index in [0.29, 0.717) is 11.4 Å². The van der Waals surface area contributed by atoms with Crippen LogP contribution in [-0.2, 0) is 12.6 Å². The number of aryl methyl sites for hydroxylation is 1. The van der Waals surface area contributed by atoms with Crippen LogP contribution in [0.3, 0.4) is 0 Å². The topological polar surface area (TPSA) is 85.0 Å². The molecule has 0 aromatic carbocycles. The molecule has 1 N–H and O–H groups in total. The minimum atomic E-state index is -0.391. The number of likely N-dealkylation sites (tertiary alicyclic amines) is 1. The van der Waals surface area contributed by atoms with E-state index < -0.39 is 5.91 Å². The quantitative estimate of drug-likeness (QED) is 0.923. The minimum Gasteiger partial charge on any atom is -0.338 e. The van der Waals surface area contributed by atoms with Gasteiger partial charge in [0.2, 0.25) is 0 Å². The maximum Gasteiger partial charge on any atom is 0.275 e. The number of carbonyl (C=O) groups excluding carboxylic acids is 2. The van der Waals surface area contributed by atoms with Crippen LogP contribution >= 0.6 is 0 Å². The van der Waals surface area contributed by atoms with E-state index in [2.05, 4.69) is 15.5 Å². The fraction of sp³-hybridized carbons (Fsp3) is 0.500. The normalized spacial score (nSPS) is 14.4. The van der Waals surface area contributed by atoms with Crippen LogP contribution in [0.15, 0.2) is 18.5 Å². The number of nitrogens with one attached hydrogen (secondary N) is 1. The van der Waals surface area contributed by atoms with Gasteiger partial charge < -0.3 is 10.2 Å². The summed E-state index contributed by atoms with van der Waals surface area (Å²) in [5, 5.41) is 11.2. The Morgan fingerprint density at radius 3 is 2.50 bits per heavy atom. The molecule has 0 aliphatic carbocycles. The summed E-state index contributed by atoms with van der Waals surface area (Å²) in [4.78, 5) is 26.8. The van der Waals surface area contributed by atoms with Crippen molar-refractivity contribution in [1.29, 1.82) is 0 Å². The largest absolute Gasteiger partial charge is 0.338 e. The highest BCUT2D eigenvalue weighted by atomic mass is 16.2. The number of hydrogen-bond donors (Lipinski definition) is 1. The molecule has 1 saturated heterocycles. The summed E-state index contributed by atoms with van der Waals surface area (Å²) < 4.78 is 3.20. The summed E-state index contributed by atoms with van der Waals surface area (Å²) >= 11 is 0. The van der Waals surface area contributed by atoms with Crippen LogP contribution in [-0.4, -0.2) is 49.4 Å². The Bertz CT molecular complexity index is 779. The third-order valence-electron chi connectivity index (χ3n) is 4.05. The number of rotatable bonds is 3. The molecule has 0 radical (unpaired) electrons. The molecule has 0 atom stereocenters. The first kappa shape index (κ1) is 16.2. The molecule has 0 saturated carbocycles. The van der Waals surface area contributed by atoms with Crippen LogP contribution in [0.25, 0.3) is 0 Å². The van der Waals surface area contributed by atoms with Gasteiger partial charge in [-0.2, -0.15) is 10.2 Å². The lowest BCUT2D eigenvalue weighted by Gasteiger charge is -2.30. The molecule has 3 rings (SSSR count). The van der Waals surface area contributed by atoms with E-state index in [1.165, 1.54) is 10.9 Å². The number of amides is 2. The van der Waals surface area contributed by atoms with Crippen molar-refractivity contribution in [2.45, 2.75) is 32.7 Å². The van der Waals surface area contributed by atoms with Crippen LogP contribution in [0, 0.1) is 0 Å². The highest BCUT2D eigenvalue weighted by molar-refractivity contribution is 6.10. The second-order valence-corrected chi connectivity index (χ2v) is 6.95. The van der Waals surface area contributed by atoms with Gasteiger partial charge >= 0.3 is 0 Å². The number of aromatic nitrogens is 4. The Morgan fingerprint density at radius 2 is 1.96 bits per heavy atom. The number of carbonyl (C=O) groups is 2. The lowest BCUT2D eigenvalue weighted by Crippen LogP contribution is -2.42. The Morgan fingerprint density at radius 1 is 1.25 bits per heavy atom.